The van der Waals surface area contributed by atoms with Gasteiger partial charge < -0.3 is 19.4 Å². The predicted molar refractivity (Wildman–Crippen MR) is 91.9 cm³/mol. The van der Waals surface area contributed by atoms with Gasteiger partial charge in [0, 0.05) is 24.1 Å². The molecule has 2 unspecified atom stereocenters. The molecule has 0 radical (unpaired) electrons. The van der Waals surface area contributed by atoms with Gasteiger partial charge in [-0.15, -0.1) is 0 Å². The quantitative estimate of drug-likeness (QED) is 0.717. The summed E-state index contributed by atoms with van der Waals surface area (Å²) in [5.74, 6) is 0.238. The number of carbonyl (C=O) groups excluding carboxylic acids is 1. The number of aromatic nitrogens is 1. The number of rotatable bonds is 6. The molecule has 0 spiro atoms. The molecule has 0 fully saturated rings. The first kappa shape index (κ1) is 17.0. The molecule has 0 saturated heterocycles. The molecule has 6 heteroatoms. The van der Waals surface area contributed by atoms with Gasteiger partial charge in [-0.2, -0.15) is 0 Å². The van der Waals surface area contributed by atoms with Crippen LogP contribution >= 0.6 is 0 Å². The maximum absolute atomic E-state index is 12.3. The molecule has 2 N–H and O–H groups in total. The average Bonchev–Trinajstić information content (AvgIpc) is 3.27. The van der Waals surface area contributed by atoms with Crippen LogP contribution < -0.4 is 5.32 Å². The zero-order valence-corrected chi connectivity index (χ0v) is 14.1. The molecule has 130 valence electrons. The molecule has 1 amide bonds. The number of amides is 1. The molecule has 0 bridgehead atoms. The van der Waals surface area contributed by atoms with Crippen molar-refractivity contribution in [2.75, 3.05) is 0 Å². The van der Waals surface area contributed by atoms with Gasteiger partial charge in [0.25, 0.3) is 5.91 Å². The first-order valence-electron chi connectivity index (χ1n) is 8.09. The van der Waals surface area contributed by atoms with Crippen molar-refractivity contribution in [1.82, 2.24) is 10.5 Å². The van der Waals surface area contributed by atoms with Crippen LogP contribution in [0.1, 0.15) is 41.3 Å². The molecule has 25 heavy (non-hydrogen) atoms. The van der Waals surface area contributed by atoms with E-state index >= 15 is 0 Å². The van der Waals surface area contributed by atoms with Crippen LogP contribution in [0.25, 0.3) is 11.3 Å². The molecule has 2 atom stereocenters. The Hall–Kier alpha value is -2.86. The van der Waals surface area contributed by atoms with Gasteiger partial charge in [0.05, 0.1) is 6.26 Å². The topological polar surface area (TPSA) is 88.5 Å². The van der Waals surface area contributed by atoms with E-state index in [1.165, 1.54) is 6.26 Å². The maximum Gasteiger partial charge on any atom is 0.290 e. The summed E-state index contributed by atoms with van der Waals surface area (Å²) < 4.78 is 10.3. The van der Waals surface area contributed by atoms with Crippen molar-refractivity contribution in [2.45, 2.75) is 32.4 Å². The Kier molecular flexibility index (Phi) is 5.00. The van der Waals surface area contributed by atoms with E-state index in [0.29, 0.717) is 17.9 Å². The molecule has 0 aliphatic heterocycles. The van der Waals surface area contributed by atoms with E-state index in [9.17, 15) is 9.90 Å². The van der Waals surface area contributed by atoms with Crippen molar-refractivity contribution in [1.29, 1.82) is 0 Å². The Bertz CT molecular complexity index is 821. The molecule has 6 nitrogen and oxygen atoms in total. The summed E-state index contributed by atoms with van der Waals surface area (Å²) >= 11 is 0. The number of nitrogens with zero attached hydrogens (tertiary/aromatic N) is 1. The summed E-state index contributed by atoms with van der Waals surface area (Å²) in [4.78, 5) is 12.3. The molecule has 3 aromatic rings. The fraction of sp³-hybridized carbons (Fsp3) is 0.263. The minimum atomic E-state index is -0.775. The lowest BCUT2D eigenvalue weighted by Crippen LogP contribution is -2.33. The highest BCUT2D eigenvalue weighted by atomic mass is 16.5. The third-order valence-corrected chi connectivity index (χ3v) is 3.91. The Balaban J connectivity index is 1.60. The van der Waals surface area contributed by atoms with Crippen LogP contribution in [0.2, 0.25) is 0 Å². The first-order valence-corrected chi connectivity index (χ1v) is 8.09. The minimum Gasteiger partial charge on any atom is -0.467 e. The molecule has 0 aliphatic carbocycles. The van der Waals surface area contributed by atoms with Crippen molar-refractivity contribution < 1.29 is 18.8 Å². The van der Waals surface area contributed by atoms with Gasteiger partial charge in [-0.3, -0.25) is 4.79 Å². The molecule has 2 heterocycles. The van der Waals surface area contributed by atoms with E-state index in [4.69, 9.17) is 8.94 Å². The molecule has 1 aromatic carbocycles. The van der Waals surface area contributed by atoms with E-state index in [2.05, 4.69) is 10.5 Å². The number of aliphatic hydroxyl groups excluding tert-OH is 1. The van der Waals surface area contributed by atoms with Gasteiger partial charge in [-0.1, -0.05) is 35.0 Å². The second-order valence-electron chi connectivity index (χ2n) is 6.08. The standard InChI is InChI=1S/C19H20N2O4/c1-12-5-7-14(8-6-12)15-11-18(25-21-15)19(23)20-13(2)10-16(22)17-4-3-9-24-17/h3-9,11,13,16,22H,10H2,1-2H3,(H,20,23). The highest BCUT2D eigenvalue weighted by Crippen LogP contribution is 2.21. The smallest absolute Gasteiger partial charge is 0.290 e. The molecular weight excluding hydrogens is 320 g/mol. The number of benzene rings is 1. The predicted octanol–water partition coefficient (Wildman–Crippen LogP) is 3.49. The number of hydrogen-bond acceptors (Lipinski definition) is 5. The van der Waals surface area contributed by atoms with Gasteiger partial charge in [0.15, 0.2) is 0 Å². The molecule has 0 aliphatic rings. The van der Waals surface area contributed by atoms with Crippen molar-refractivity contribution in [3.05, 3.63) is 65.8 Å². The van der Waals surface area contributed by atoms with Gasteiger partial charge in [-0.05, 0) is 26.0 Å². The van der Waals surface area contributed by atoms with Gasteiger partial charge in [0.1, 0.15) is 17.6 Å². The Morgan fingerprint density at radius 2 is 2.04 bits per heavy atom. The van der Waals surface area contributed by atoms with Crippen molar-refractivity contribution in [3.63, 3.8) is 0 Å². The van der Waals surface area contributed by atoms with E-state index in [-0.39, 0.29) is 17.7 Å². The average molecular weight is 340 g/mol. The second kappa shape index (κ2) is 7.36. The van der Waals surface area contributed by atoms with Crippen molar-refractivity contribution in [3.8, 4) is 11.3 Å². The highest BCUT2D eigenvalue weighted by molar-refractivity contribution is 5.92. The lowest BCUT2D eigenvalue weighted by atomic mass is 10.1. The van der Waals surface area contributed by atoms with Crippen molar-refractivity contribution in [2.24, 2.45) is 0 Å². The summed E-state index contributed by atoms with van der Waals surface area (Å²) in [5, 5.41) is 16.8. The Labute approximate surface area is 145 Å². The van der Waals surface area contributed by atoms with Crippen LogP contribution in [-0.2, 0) is 0 Å². The van der Waals surface area contributed by atoms with Crippen LogP contribution in [0.3, 0.4) is 0 Å². The largest absolute Gasteiger partial charge is 0.467 e. The third kappa shape index (κ3) is 4.16. The van der Waals surface area contributed by atoms with Crippen LogP contribution in [0, 0.1) is 6.92 Å². The van der Waals surface area contributed by atoms with Crippen molar-refractivity contribution >= 4 is 5.91 Å². The SMILES string of the molecule is Cc1ccc(-c2cc(C(=O)NC(C)CC(O)c3ccco3)on2)cc1. The fourth-order valence-corrected chi connectivity index (χ4v) is 2.53. The summed E-state index contributed by atoms with van der Waals surface area (Å²) in [7, 11) is 0. The number of hydrogen-bond donors (Lipinski definition) is 2. The summed E-state index contributed by atoms with van der Waals surface area (Å²) in [5.41, 5.74) is 2.64. The van der Waals surface area contributed by atoms with E-state index in [1.54, 1.807) is 25.1 Å². The lowest BCUT2D eigenvalue weighted by Gasteiger charge is -2.15. The fourth-order valence-electron chi connectivity index (χ4n) is 2.53. The number of nitrogens with one attached hydrogen (secondary N) is 1. The minimum absolute atomic E-state index is 0.134. The van der Waals surface area contributed by atoms with Crippen LogP contribution in [0.5, 0.6) is 0 Å². The van der Waals surface area contributed by atoms with Crippen LogP contribution in [0.15, 0.2) is 57.7 Å². The van der Waals surface area contributed by atoms with Gasteiger partial charge in [-0.25, -0.2) is 0 Å². The lowest BCUT2D eigenvalue weighted by molar-refractivity contribution is 0.0868. The van der Waals surface area contributed by atoms with E-state index in [0.717, 1.165) is 11.1 Å². The third-order valence-electron chi connectivity index (χ3n) is 3.91. The van der Waals surface area contributed by atoms with Gasteiger partial charge >= 0.3 is 0 Å². The van der Waals surface area contributed by atoms with Gasteiger partial charge in [0.2, 0.25) is 5.76 Å². The highest BCUT2D eigenvalue weighted by Gasteiger charge is 2.19. The first-order chi connectivity index (χ1) is 12.0. The summed E-state index contributed by atoms with van der Waals surface area (Å²) in [6.45, 7) is 3.81. The molecule has 2 aromatic heterocycles. The number of carbonyl (C=O) groups is 1. The second-order valence-corrected chi connectivity index (χ2v) is 6.08. The summed E-state index contributed by atoms with van der Waals surface area (Å²) in [6, 6.07) is 12.6. The normalized spacial score (nSPS) is 13.4. The molecule has 0 saturated carbocycles. The van der Waals surface area contributed by atoms with Crippen LogP contribution in [-0.4, -0.2) is 22.2 Å². The zero-order chi connectivity index (χ0) is 17.8. The van der Waals surface area contributed by atoms with E-state index < -0.39 is 6.10 Å². The van der Waals surface area contributed by atoms with Crippen LogP contribution in [0.4, 0.5) is 0 Å². The Morgan fingerprint density at radius 1 is 1.28 bits per heavy atom. The summed E-state index contributed by atoms with van der Waals surface area (Å²) in [6.07, 6.45) is 1.06. The molecular formula is C19H20N2O4. The van der Waals surface area contributed by atoms with E-state index in [1.807, 2.05) is 31.2 Å². The zero-order valence-electron chi connectivity index (χ0n) is 14.1. The number of furan rings is 1. The molecule has 3 rings (SSSR count). The monoisotopic (exact) mass is 340 g/mol. The Morgan fingerprint density at radius 3 is 2.72 bits per heavy atom. The maximum atomic E-state index is 12.3. The number of aryl methyl sites for hydroxylation is 1. The number of aliphatic hydroxyl groups is 1.